The Bertz CT molecular complexity index is 1380. The first-order chi connectivity index (χ1) is 14.5. The molecule has 3 heterocycles. The van der Waals surface area contributed by atoms with Gasteiger partial charge in [0, 0.05) is 18.5 Å². The number of amides is 1. The molecule has 7 nitrogen and oxygen atoms in total. The molecule has 0 bridgehead atoms. The molecular weight excluding hydrogens is 420 g/mol. The Hall–Kier alpha value is -2.88. The lowest BCUT2D eigenvalue weighted by Crippen LogP contribution is -2.27. The monoisotopic (exact) mass is 438 g/mol. The van der Waals surface area contributed by atoms with E-state index in [0.29, 0.717) is 34.1 Å². The standard InChI is InChI=1S/C21H18N4O3S2/c26-20(18-9-7-14-5-1-2-6-16(14)22-18)24-21-23-17-10-8-15(13-19(17)29-21)30(27,28)25-11-3-4-12-25/h1-2,5-10,13H,3-4,11-12H2,(H,23,24,26). The maximum atomic E-state index is 12.8. The number of nitrogens with zero attached hydrogens (tertiary/aromatic N) is 3. The van der Waals surface area contributed by atoms with Crippen molar-refractivity contribution in [1.82, 2.24) is 14.3 Å². The van der Waals surface area contributed by atoms with Crippen molar-refractivity contribution in [3.05, 3.63) is 60.3 Å². The first kappa shape index (κ1) is 19.1. The molecule has 2 aromatic heterocycles. The minimum Gasteiger partial charge on any atom is -0.296 e. The van der Waals surface area contributed by atoms with Gasteiger partial charge in [-0.3, -0.25) is 10.1 Å². The predicted molar refractivity (Wildman–Crippen MR) is 117 cm³/mol. The van der Waals surface area contributed by atoms with E-state index >= 15 is 0 Å². The third kappa shape index (κ3) is 3.45. The highest BCUT2D eigenvalue weighted by Gasteiger charge is 2.27. The minimum absolute atomic E-state index is 0.259. The second-order valence-electron chi connectivity index (χ2n) is 7.10. The normalized spacial score (nSPS) is 15.1. The van der Waals surface area contributed by atoms with E-state index in [1.54, 1.807) is 24.3 Å². The Morgan fingerprint density at radius 3 is 2.60 bits per heavy atom. The van der Waals surface area contributed by atoms with Gasteiger partial charge in [-0.1, -0.05) is 35.6 Å². The highest BCUT2D eigenvalue weighted by atomic mass is 32.2. The van der Waals surface area contributed by atoms with Crippen LogP contribution >= 0.6 is 11.3 Å². The van der Waals surface area contributed by atoms with E-state index in [-0.39, 0.29) is 10.8 Å². The summed E-state index contributed by atoms with van der Waals surface area (Å²) in [5, 5.41) is 4.13. The second-order valence-corrected chi connectivity index (χ2v) is 10.1. The van der Waals surface area contributed by atoms with Gasteiger partial charge in [0.1, 0.15) is 5.69 Å². The van der Waals surface area contributed by atoms with E-state index in [1.807, 2.05) is 30.3 Å². The summed E-state index contributed by atoms with van der Waals surface area (Å²) >= 11 is 1.24. The molecule has 1 aliphatic rings. The smallest absolute Gasteiger partial charge is 0.276 e. The van der Waals surface area contributed by atoms with Gasteiger partial charge in [0.15, 0.2) is 5.13 Å². The molecule has 5 rings (SSSR count). The van der Waals surface area contributed by atoms with Crippen molar-refractivity contribution in [3.8, 4) is 0 Å². The number of carbonyl (C=O) groups excluding carboxylic acids is 1. The highest BCUT2D eigenvalue weighted by molar-refractivity contribution is 7.89. The van der Waals surface area contributed by atoms with Crippen LogP contribution in [-0.4, -0.2) is 41.7 Å². The molecule has 0 saturated carbocycles. The molecule has 0 aliphatic carbocycles. The molecule has 1 fully saturated rings. The molecule has 0 spiro atoms. The summed E-state index contributed by atoms with van der Waals surface area (Å²) in [5.41, 5.74) is 1.68. The molecule has 152 valence electrons. The van der Waals surface area contributed by atoms with Gasteiger partial charge in [-0.25, -0.2) is 18.4 Å². The van der Waals surface area contributed by atoms with Gasteiger partial charge in [0.2, 0.25) is 10.0 Å². The summed E-state index contributed by atoms with van der Waals surface area (Å²) < 4.78 is 27.8. The molecule has 4 aromatic rings. The zero-order chi connectivity index (χ0) is 20.7. The Kier molecular flexibility index (Phi) is 4.73. The van der Waals surface area contributed by atoms with Crippen molar-refractivity contribution in [2.24, 2.45) is 0 Å². The number of nitrogens with one attached hydrogen (secondary N) is 1. The van der Waals surface area contributed by atoms with Crippen LogP contribution in [0.15, 0.2) is 59.5 Å². The van der Waals surface area contributed by atoms with Crippen molar-refractivity contribution in [3.63, 3.8) is 0 Å². The first-order valence-electron chi connectivity index (χ1n) is 9.59. The topological polar surface area (TPSA) is 92.3 Å². The number of hydrogen-bond donors (Lipinski definition) is 1. The number of hydrogen-bond acceptors (Lipinski definition) is 6. The molecule has 0 atom stereocenters. The van der Waals surface area contributed by atoms with Crippen molar-refractivity contribution < 1.29 is 13.2 Å². The van der Waals surface area contributed by atoms with Crippen LogP contribution in [0.25, 0.3) is 21.1 Å². The number of thiazole rings is 1. The fraction of sp³-hybridized carbons (Fsp3) is 0.190. The number of pyridine rings is 1. The SMILES string of the molecule is O=C(Nc1nc2ccc(S(=O)(=O)N3CCCC3)cc2s1)c1ccc2ccccc2n1. The Balaban J connectivity index is 1.41. The summed E-state index contributed by atoms with van der Waals surface area (Å²) in [6.45, 7) is 1.12. The second kappa shape index (κ2) is 7.42. The van der Waals surface area contributed by atoms with Crippen LogP contribution in [0.5, 0.6) is 0 Å². The lowest BCUT2D eigenvalue weighted by Gasteiger charge is -2.15. The van der Waals surface area contributed by atoms with Crippen LogP contribution in [0, 0.1) is 0 Å². The molecular formula is C21H18N4O3S2. The largest absolute Gasteiger partial charge is 0.296 e. The van der Waals surface area contributed by atoms with Crippen LogP contribution in [0.2, 0.25) is 0 Å². The Labute approximate surface area is 177 Å². The Morgan fingerprint density at radius 1 is 0.967 bits per heavy atom. The van der Waals surface area contributed by atoms with Crippen molar-refractivity contribution >= 4 is 53.5 Å². The molecule has 1 amide bonds. The average Bonchev–Trinajstić information content (AvgIpc) is 3.43. The minimum atomic E-state index is -3.49. The van der Waals surface area contributed by atoms with E-state index in [1.165, 1.54) is 15.6 Å². The molecule has 9 heteroatoms. The highest BCUT2D eigenvalue weighted by Crippen LogP contribution is 2.30. The van der Waals surface area contributed by atoms with E-state index in [2.05, 4.69) is 15.3 Å². The van der Waals surface area contributed by atoms with Crippen LogP contribution in [0.3, 0.4) is 0 Å². The number of fused-ring (bicyclic) bond motifs is 2. The van der Waals surface area contributed by atoms with E-state index < -0.39 is 10.0 Å². The van der Waals surface area contributed by atoms with E-state index in [4.69, 9.17) is 0 Å². The molecule has 30 heavy (non-hydrogen) atoms. The van der Waals surface area contributed by atoms with Crippen LogP contribution < -0.4 is 5.32 Å². The van der Waals surface area contributed by atoms with Gasteiger partial charge in [-0.2, -0.15) is 4.31 Å². The molecule has 0 radical (unpaired) electrons. The van der Waals surface area contributed by atoms with Gasteiger partial charge >= 0.3 is 0 Å². The summed E-state index contributed by atoms with van der Waals surface area (Å²) in [6, 6.07) is 16.0. The quantitative estimate of drug-likeness (QED) is 0.522. The number of sulfonamides is 1. The zero-order valence-electron chi connectivity index (χ0n) is 15.9. The number of rotatable bonds is 4. The lowest BCUT2D eigenvalue weighted by molar-refractivity contribution is 0.102. The zero-order valence-corrected chi connectivity index (χ0v) is 17.5. The van der Waals surface area contributed by atoms with Crippen molar-refractivity contribution in [2.45, 2.75) is 17.7 Å². The molecule has 2 aromatic carbocycles. The molecule has 1 N–H and O–H groups in total. The predicted octanol–water partition coefficient (Wildman–Crippen LogP) is 3.88. The molecule has 1 saturated heterocycles. The summed E-state index contributed by atoms with van der Waals surface area (Å²) in [6.07, 6.45) is 1.78. The lowest BCUT2D eigenvalue weighted by atomic mass is 10.2. The number of anilines is 1. The van der Waals surface area contributed by atoms with Gasteiger partial charge in [-0.15, -0.1) is 0 Å². The third-order valence-corrected chi connectivity index (χ3v) is 7.94. The van der Waals surface area contributed by atoms with Gasteiger partial charge in [0.05, 0.1) is 20.6 Å². The van der Waals surface area contributed by atoms with Crippen LogP contribution in [0.4, 0.5) is 5.13 Å². The number of para-hydroxylation sites is 1. The number of aromatic nitrogens is 2. The van der Waals surface area contributed by atoms with Crippen LogP contribution in [-0.2, 0) is 10.0 Å². The molecule has 1 aliphatic heterocycles. The Morgan fingerprint density at radius 2 is 1.77 bits per heavy atom. The summed E-state index contributed by atoms with van der Waals surface area (Å²) in [5.74, 6) is -0.357. The van der Waals surface area contributed by atoms with E-state index in [9.17, 15) is 13.2 Å². The van der Waals surface area contributed by atoms with Crippen molar-refractivity contribution in [1.29, 1.82) is 0 Å². The van der Waals surface area contributed by atoms with Crippen molar-refractivity contribution in [2.75, 3.05) is 18.4 Å². The maximum Gasteiger partial charge on any atom is 0.276 e. The maximum absolute atomic E-state index is 12.8. The number of benzene rings is 2. The fourth-order valence-corrected chi connectivity index (χ4v) is 6.07. The summed E-state index contributed by atoms with van der Waals surface area (Å²) in [7, 11) is -3.49. The molecule has 0 unspecified atom stereocenters. The third-order valence-electron chi connectivity index (χ3n) is 5.11. The number of carbonyl (C=O) groups is 1. The summed E-state index contributed by atoms with van der Waals surface area (Å²) in [4.78, 5) is 21.7. The average molecular weight is 439 g/mol. The van der Waals surface area contributed by atoms with Crippen LogP contribution in [0.1, 0.15) is 23.3 Å². The fourth-order valence-electron chi connectivity index (χ4n) is 3.55. The van der Waals surface area contributed by atoms with Gasteiger partial charge < -0.3 is 0 Å². The van der Waals surface area contributed by atoms with E-state index in [0.717, 1.165) is 23.7 Å². The first-order valence-corrected chi connectivity index (χ1v) is 11.8. The van der Waals surface area contributed by atoms with Gasteiger partial charge in [-0.05, 0) is 43.2 Å². The van der Waals surface area contributed by atoms with Gasteiger partial charge in [0.25, 0.3) is 5.91 Å².